The first-order chi connectivity index (χ1) is 19.0. The quantitative estimate of drug-likeness (QED) is 0.335. The largest absolute Gasteiger partial charge is 0.439 e. The van der Waals surface area contributed by atoms with Gasteiger partial charge in [-0.05, 0) is 64.9 Å². The second kappa shape index (κ2) is 8.71. The molecule has 0 aliphatic carbocycles. The zero-order valence-corrected chi connectivity index (χ0v) is 21.5. The van der Waals surface area contributed by atoms with E-state index in [4.69, 9.17) is 11.2 Å². The minimum Gasteiger partial charge on any atom is -0.439 e. The van der Waals surface area contributed by atoms with Gasteiger partial charge in [0.15, 0.2) is 0 Å². The maximum Gasteiger partial charge on any atom is 0.298 e. The van der Waals surface area contributed by atoms with E-state index in [9.17, 15) is 4.79 Å². The number of carbonyl (C=O) groups excluding carboxylic acids is 1. The van der Waals surface area contributed by atoms with Crippen LogP contribution in [-0.4, -0.2) is 30.3 Å². The lowest BCUT2D eigenvalue weighted by Gasteiger charge is -2.14. The van der Waals surface area contributed by atoms with Crippen molar-refractivity contribution in [1.82, 2.24) is 24.4 Å². The molecule has 1 N–H and O–H groups in total. The van der Waals surface area contributed by atoms with Gasteiger partial charge in [-0.3, -0.25) is 4.79 Å². The molecule has 8 nitrogen and oxygen atoms in total. The van der Waals surface area contributed by atoms with Gasteiger partial charge in [-0.15, -0.1) is 6.42 Å². The van der Waals surface area contributed by atoms with Gasteiger partial charge < -0.3 is 19.5 Å². The molecule has 2 aromatic carbocycles. The predicted molar refractivity (Wildman–Crippen MR) is 149 cm³/mol. The molecule has 8 heteroatoms. The maximum atomic E-state index is 12.1. The third-order valence-electron chi connectivity index (χ3n) is 7.46. The number of amides is 1. The van der Waals surface area contributed by atoms with Gasteiger partial charge in [0, 0.05) is 44.0 Å². The Balaban J connectivity index is 1.37. The Morgan fingerprint density at radius 3 is 2.77 bits per heavy atom. The highest BCUT2D eigenvalue weighted by molar-refractivity contribution is 6.09. The molecule has 190 valence electrons. The van der Waals surface area contributed by atoms with Crippen LogP contribution in [0.1, 0.15) is 22.4 Å². The summed E-state index contributed by atoms with van der Waals surface area (Å²) in [6, 6.07) is 18.2. The third-order valence-corrected chi connectivity index (χ3v) is 7.46. The molecule has 7 rings (SSSR count). The molecule has 5 heterocycles. The summed E-state index contributed by atoms with van der Waals surface area (Å²) in [5.41, 5.74) is 9.28. The van der Waals surface area contributed by atoms with Gasteiger partial charge in [0.05, 0.1) is 11.1 Å². The highest BCUT2D eigenvalue weighted by atomic mass is 16.5. The van der Waals surface area contributed by atoms with Gasteiger partial charge >= 0.3 is 0 Å². The van der Waals surface area contributed by atoms with Crippen LogP contribution in [0.3, 0.4) is 0 Å². The van der Waals surface area contributed by atoms with Crippen LogP contribution in [-0.2, 0) is 31.5 Å². The Labute approximate surface area is 225 Å². The summed E-state index contributed by atoms with van der Waals surface area (Å²) >= 11 is 0. The predicted octanol–water partition coefficient (Wildman–Crippen LogP) is 5.20. The molecule has 0 radical (unpaired) electrons. The smallest absolute Gasteiger partial charge is 0.298 e. The van der Waals surface area contributed by atoms with Crippen molar-refractivity contribution in [3.63, 3.8) is 0 Å². The zero-order chi connectivity index (χ0) is 26.7. The van der Waals surface area contributed by atoms with Gasteiger partial charge in [0.2, 0.25) is 5.88 Å². The van der Waals surface area contributed by atoms with Gasteiger partial charge in [-0.25, -0.2) is 15.0 Å². The highest BCUT2D eigenvalue weighted by Gasteiger charge is 2.28. The Morgan fingerprint density at radius 2 is 1.92 bits per heavy atom. The Hall–Kier alpha value is -5.16. The van der Waals surface area contributed by atoms with E-state index >= 15 is 0 Å². The number of anilines is 1. The minimum absolute atomic E-state index is 0.289. The Bertz CT molecular complexity index is 1870. The number of rotatable bonds is 3. The molecular weight excluding hydrogens is 488 g/mol. The van der Waals surface area contributed by atoms with Crippen molar-refractivity contribution < 1.29 is 9.53 Å². The molecule has 0 spiro atoms. The van der Waals surface area contributed by atoms with Crippen molar-refractivity contribution in [2.24, 2.45) is 7.05 Å². The summed E-state index contributed by atoms with van der Waals surface area (Å²) in [5.74, 6) is 4.02. The fraction of sp³-hybridized carbons (Fsp3) is 0.161. The van der Waals surface area contributed by atoms with E-state index < -0.39 is 0 Å². The van der Waals surface area contributed by atoms with E-state index in [0.29, 0.717) is 25.5 Å². The zero-order valence-electron chi connectivity index (χ0n) is 21.5. The maximum absolute atomic E-state index is 12.1. The molecule has 0 bridgehead atoms. The van der Waals surface area contributed by atoms with Crippen LogP contribution in [0.2, 0.25) is 0 Å². The molecule has 0 unspecified atom stereocenters. The summed E-state index contributed by atoms with van der Waals surface area (Å²) in [6.07, 6.45) is 6.97. The number of aryl methyl sites for hydroxylation is 2. The SMILES string of the molecule is C#CC(=O)N1Cc2ccc(-c3c4c5c(ncnc5n3C)NCc3cc(Oc5cccc(C)n5)ccc3-4)cc2C1. The van der Waals surface area contributed by atoms with Gasteiger partial charge in [0.25, 0.3) is 5.91 Å². The van der Waals surface area contributed by atoms with Crippen LogP contribution >= 0.6 is 0 Å². The number of pyridine rings is 1. The van der Waals surface area contributed by atoms with Gasteiger partial charge in [-0.1, -0.05) is 24.3 Å². The molecule has 2 aliphatic rings. The van der Waals surface area contributed by atoms with E-state index in [0.717, 1.165) is 67.4 Å². The monoisotopic (exact) mass is 512 g/mol. The van der Waals surface area contributed by atoms with Crippen LogP contribution < -0.4 is 10.1 Å². The lowest BCUT2D eigenvalue weighted by molar-refractivity contribution is -0.125. The van der Waals surface area contributed by atoms with Crippen molar-refractivity contribution >= 4 is 22.8 Å². The van der Waals surface area contributed by atoms with Crippen LogP contribution in [0.25, 0.3) is 33.4 Å². The lowest BCUT2D eigenvalue weighted by Crippen LogP contribution is -2.23. The Kier molecular flexibility index (Phi) is 5.13. The number of nitrogens with zero attached hydrogens (tertiary/aromatic N) is 5. The summed E-state index contributed by atoms with van der Waals surface area (Å²) in [7, 11) is 2.03. The van der Waals surface area contributed by atoms with Crippen molar-refractivity contribution in [3.8, 4) is 46.4 Å². The summed E-state index contributed by atoms with van der Waals surface area (Å²) in [5, 5.41) is 4.48. The van der Waals surface area contributed by atoms with E-state index in [2.05, 4.69) is 61.1 Å². The van der Waals surface area contributed by atoms with Crippen molar-refractivity contribution in [1.29, 1.82) is 0 Å². The molecule has 5 aromatic rings. The first-order valence-corrected chi connectivity index (χ1v) is 12.7. The number of hydrogen-bond donors (Lipinski definition) is 1. The number of terminal acetylenes is 1. The number of aromatic nitrogens is 4. The first kappa shape index (κ1) is 23.0. The van der Waals surface area contributed by atoms with E-state index in [-0.39, 0.29) is 5.91 Å². The van der Waals surface area contributed by atoms with Crippen molar-refractivity contribution in [2.75, 3.05) is 5.32 Å². The molecule has 2 aliphatic heterocycles. The number of nitrogens with one attached hydrogen (secondary N) is 1. The van der Waals surface area contributed by atoms with E-state index in [1.54, 1.807) is 11.2 Å². The second-order valence-electron chi connectivity index (χ2n) is 9.88. The molecule has 1 amide bonds. The number of carbonyl (C=O) groups is 1. The number of hydrogen-bond acceptors (Lipinski definition) is 6. The van der Waals surface area contributed by atoms with E-state index in [1.165, 1.54) is 0 Å². The average Bonchev–Trinajstić information content (AvgIpc) is 3.45. The van der Waals surface area contributed by atoms with Crippen LogP contribution in [0.15, 0.2) is 60.9 Å². The molecule has 0 fully saturated rings. The molecular formula is C31H24N6O2. The van der Waals surface area contributed by atoms with Crippen molar-refractivity contribution in [2.45, 2.75) is 26.6 Å². The topological polar surface area (TPSA) is 85.2 Å². The molecule has 0 saturated carbocycles. The normalized spacial score (nSPS) is 13.3. The number of benzene rings is 2. The summed E-state index contributed by atoms with van der Waals surface area (Å²) in [6.45, 7) is 3.56. The van der Waals surface area contributed by atoms with Crippen molar-refractivity contribution in [3.05, 3.63) is 83.3 Å². The molecule has 0 atom stereocenters. The fourth-order valence-electron chi connectivity index (χ4n) is 5.66. The van der Waals surface area contributed by atoms with Gasteiger partial charge in [0.1, 0.15) is 23.5 Å². The third kappa shape index (κ3) is 3.70. The second-order valence-corrected chi connectivity index (χ2v) is 9.88. The number of fused-ring (bicyclic) bond motifs is 3. The minimum atomic E-state index is -0.289. The standard InChI is InChI=1S/C31H24N6O2/c1-4-26(38)37-15-20-9-8-19(12-22(20)16-37)29-27-24-11-10-23(39-25-7-5-6-18(2)35-25)13-21(24)14-32-30-28(27)31(36(29)3)34-17-33-30/h1,5-13,17H,14-16H2,2-3H3,(H,32,33,34). The number of ether oxygens (including phenoxy) is 1. The highest BCUT2D eigenvalue weighted by Crippen LogP contribution is 2.46. The molecule has 3 aromatic heterocycles. The van der Waals surface area contributed by atoms with Crippen LogP contribution in [0.4, 0.5) is 5.82 Å². The van der Waals surface area contributed by atoms with Gasteiger partial charge in [-0.2, -0.15) is 0 Å². The first-order valence-electron chi connectivity index (χ1n) is 12.7. The molecule has 39 heavy (non-hydrogen) atoms. The van der Waals surface area contributed by atoms with Crippen LogP contribution in [0.5, 0.6) is 11.6 Å². The fourth-order valence-corrected chi connectivity index (χ4v) is 5.66. The lowest BCUT2D eigenvalue weighted by atomic mass is 9.94. The van der Waals surface area contributed by atoms with E-state index in [1.807, 2.05) is 38.2 Å². The Morgan fingerprint density at radius 1 is 1.05 bits per heavy atom. The molecule has 0 saturated heterocycles. The van der Waals surface area contributed by atoms with Crippen LogP contribution in [0, 0.1) is 19.3 Å². The average molecular weight is 513 g/mol. The summed E-state index contributed by atoms with van der Waals surface area (Å²) < 4.78 is 8.23. The summed E-state index contributed by atoms with van der Waals surface area (Å²) in [4.78, 5) is 27.5.